The van der Waals surface area contributed by atoms with E-state index >= 15 is 0 Å². The van der Waals surface area contributed by atoms with Crippen molar-refractivity contribution in [2.45, 2.75) is 0 Å². The molecule has 2 heterocycles. The second kappa shape index (κ2) is 3.72. The number of benzene rings is 2. The maximum atomic E-state index is 3.34. The summed E-state index contributed by atoms with van der Waals surface area (Å²) in [5.41, 5.74) is 2.52. The second-order valence-corrected chi connectivity index (χ2v) is 5.48. The maximum absolute atomic E-state index is 3.34. The highest BCUT2D eigenvalue weighted by atomic mass is 32.1. The van der Waals surface area contributed by atoms with E-state index in [0.717, 1.165) is 0 Å². The number of fused-ring (bicyclic) bond motifs is 2. The molecule has 18 heavy (non-hydrogen) atoms. The minimum absolute atomic E-state index is 1.23. The lowest BCUT2D eigenvalue weighted by molar-refractivity contribution is 1.48. The lowest BCUT2D eigenvalue weighted by Crippen LogP contribution is -1.75. The van der Waals surface area contributed by atoms with Gasteiger partial charge in [-0.3, -0.25) is 0 Å². The van der Waals surface area contributed by atoms with E-state index in [9.17, 15) is 0 Å². The van der Waals surface area contributed by atoms with Crippen molar-refractivity contribution in [2.75, 3.05) is 0 Å². The van der Waals surface area contributed by atoms with Crippen LogP contribution in [-0.2, 0) is 0 Å². The number of hydrogen-bond acceptors (Lipinski definition) is 1. The van der Waals surface area contributed by atoms with E-state index in [-0.39, 0.29) is 0 Å². The molecule has 4 rings (SSSR count). The van der Waals surface area contributed by atoms with Crippen molar-refractivity contribution in [3.63, 3.8) is 0 Å². The minimum Gasteiger partial charge on any atom is -0.361 e. The Labute approximate surface area is 109 Å². The number of hydrogen-bond donors (Lipinski definition) is 1. The Hall–Kier alpha value is -2.06. The highest BCUT2D eigenvalue weighted by molar-refractivity contribution is 7.22. The van der Waals surface area contributed by atoms with Gasteiger partial charge < -0.3 is 4.98 Å². The Morgan fingerprint density at radius 3 is 2.67 bits per heavy atom. The number of aromatic amines is 1. The molecule has 2 aromatic heterocycles. The molecular weight excluding hydrogens is 238 g/mol. The van der Waals surface area contributed by atoms with Crippen molar-refractivity contribution >= 4 is 32.3 Å². The molecule has 0 unspecified atom stereocenters. The fraction of sp³-hybridized carbons (Fsp3) is 0. The van der Waals surface area contributed by atoms with Gasteiger partial charge in [0.1, 0.15) is 0 Å². The largest absolute Gasteiger partial charge is 0.361 e. The minimum atomic E-state index is 1.23. The van der Waals surface area contributed by atoms with Gasteiger partial charge >= 0.3 is 0 Å². The van der Waals surface area contributed by atoms with Gasteiger partial charge in [-0.1, -0.05) is 36.4 Å². The van der Waals surface area contributed by atoms with Crippen LogP contribution in [0.1, 0.15) is 0 Å². The van der Waals surface area contributed by atoms with Crippen LogP contribution in [-0.4, -0.2) is 4.98 Å². The molecule has 0 spiro atoms. The molecule has 0 bridgehead atoms. The van der Waals surface area contributed by atoms with E-state index in [2.05, 4.69) is 59.6 Å². The third-order valence-corrected chi connectivity index (χ3v) is 4.43. The van der Waals surface area contributed by atoms with Gasteiger partial charge in [-0.25, -0.2) is 0 Å². The highest BCUT2D eigenvalue weighted by Crippen LogP contribution is 2.36. The summed E-state index contributed by atoms with van der Waals surface area (Å²) in [6.45, 7) is 0. The van der Waals surface area contributed by atoms with Crippen molar-refractivity contribution in [3.8, 4) is 10.4 Å². The van der Waals surface area contributed by atoms with Gasteiger partial charge in [0.05, 0.1) is 5.52 Å². The van der Waals surface area contributed by atoms with Gasteiger partial charge in [-0.2, -0.15) is 0 Å². The average molecular weight is 249 g/mol. The van der Waals surface area contributed by atoms with Gasteiger partial charge in [-0.15, -0.1) is 11.3 Å². The third-order valence-electron chi connectivity index (χ3n) is 3.28. The van der Waals surface area contributed by atoms with Gasteiger partial charge in [0.2, 0.25) is 0 Å². The van der Waals surface area contributed by atoms with Crippen molar-refractivity contribution in [3.05, 3.63) is 60.8 Å². The first-order chi connectivity index (χ1) is 8.92. The molecule has 0 radical (unpaired) electrons. The van der Waals surface area contributed by atoms with Crippen molar-refractivity contribution < 1.29 is 0 Å². The Balaban J connectivity index is 2.04. The molecule has 86 valence electrons. The fourth-order valence-electron chi connectivity index (χ4n) is 2.40. The van der Waals surface area contributed by atoms with E-state index in [0.29, 0.717) is 0 Å². The van der Waals surface area contributed by atoms with E-state index < -0.39 is 0 Å². The monoisotopic (exact) mass is 249 g/mol. The molecule has 2 aromatic carbocycles. The molecule has 2 heteroatoms. The molecule has 0 fully saturated rings. The first-order valence-corrected chi connectivity index (χ1v) is 6.78. The van der Waals surface area contributed by atoms with Crippen molar-refractivity contribution in [1.29, 1.82) is 0 Å². The van der Waals surface area contributed by atoms with Crippen LogP contribution in [0.15, 0.2) is 60.8 Å². The van der Waals surface area contributed by atoms with Crippen molar-refractivity contribution in [2.24, 2.45) is 0 Å². The van der Waals surface area contributed by atoms with Crippen LogP contribution >= 0.6 is 11.3 Å². The Bertz CT molecular complexity index is 805. The number of thiophene rings is 1. The van der Waals surface area contributed by atoms with Crippen LogP contribution in [0, 0.1) is 0 Å². The normalized spacial score (nSPS) is 11.3. The fourth-order valence-corrected chi connectivity index (χ4v) is 3.50. The third kappa shape index (κ3) is 1.39. The van der Waals surface area contributed by atoms with Gasteiger partial charge in [0.25, 0.3) is 0 Å². The Morgan fingerprint density at radius 1 is 0.833 bits per heavy atom. The summed E-state index contributed by atoms with van der Waals surface area (Å²) in [6.07, 6.45) is 2.00. The predicted molar refractivity (Wildman–Crippen MR) is 79.1 cm³/mol. The van der Waals surface area contributed by atoms with Crippen LogP contribution < -0.4 is 0 Å². The SMILES string of the molecule is c1ccc2sc(-c3cccc4cc[nH]c34)cc2c1. The lowest BCUT2D eigenvalue weighted by Gasteiger charge is -1.99. The van der Waals surface area contributed by atoms with E-state index in [1.165, 1.54) is 31.4 Å². The predicted octanol–water partition coefficient (Wildman–Crippen LogP) is 5.05. The van der Waals surface area contributed by atoms with Gasteiger partial charge in [-0.05, 0) is 23.6 Å². The van der Waals surface area contributed by atoms with Crippen LogP contribution in [0.4, 0.5) is 0 Å². The molecule has 0 aliphatic carbocycles. The van der Waals surface area contributed by atoms with Gasteiger partial charge in [0, 0.05) is 26.7 Å². The zero-order valence-electron chi connectivity index (χ0n) is 9.68. The molecule has 0 amide bonds. The van der Waals surface area contributed by atoms with E-state index in [4.69, 9.17) is 0 Å². The molecule has 4 aromatic rings. The number of nitrogens with one attached hydrogen (secondary N) is 1. The van der Waals surface area contributed by atoms with Crippen LogP contribution in [0.2, 0.25) is 0 Å². The summed E-state index contributed by atoms with van der Waals surface area (Å²) in [4.78, 5) is 4.66. The highest BCUT2D eigenvalue weighted by Gasteiger charge is 2.07. The zero-order chi connectivity index (χ0) is 11.9. The molecule has 0 aliphatic heterocycles. The quantitative estimate of drug-likeness (QED) is 0.486. The zero-order valence-corrected chi connectivity index (χ0v) is 10.5. The number of para-hydroxylation sites is 1. The molecule has 1 N–H and O–H groups in total. The first-order valence-electron chi connectivity index (χ1n) is 5.97. The summed E-state index contributed by atoms with van der Waals surface area (Å²) in [5.74, 6) is 0. The molecular formula is C16H11NS. The first kappa shape index (κ1) is 9.92. The van der Waals surface area contributed by atoms with E-state index in [1.54, 1.807) is 0 Å². The molecule has 0 saturated carbocycles. The Kier molecular flexibility index (Phi) is 2.05. The molecule has 0 atom stereocenters. The summed E-state index contributed by atoms with van der Waals surface area (Å²) in [5, 5.41) is 2.59. The molecule has 0 saturated heterocycles. The smallest absolute Gasteiger partial charge is 0.0541 e. The average Bonchev–Trinajstić information content (AvgIpc) is 3.04. The number of aromatic nitrogens is 1. The molecule has 0 aliphatic rings. The summed E-state index contributed by atoms with van der Waals surface area (Å²) in [6, 6.07) is 19.4. The Morgan fingerprint density at radius 2 is 1.72 bits per heavy atom. The summed E-state index contributed by atoms with van der Waals surface area (Å²) < 4.78 is 1.34. The van der Waals surface area contributed by atoms with Gasteiger partial charge in [0.15, 0.2) is 0 Å². The van der Waals surface area contributed by atoms with Crippen LogP contribution in [0.5, 0.6) is 0 Å². The van der Waals surface area contributed by atoms with E-state index in [1.807, 2.05) is 17.5 Å². The van der Waals surface area contributed by atoms with Crippen LogP contribution in [0.25, 0.3) is 31.4 Å². The summed E-state index contributed by atoms with van der Waals surface area (Å²) in [7, 11) is 0. The van der Waals surface area contributed by atoms with Crippen LogP contribution in [0.3, 0.4) is 0 Å². The topological polar surface area (TPSA) is 15.8 Å². The lowest BCUT2D eigenvalue weighted by atomic mass is 10.1. The standard InChI is InChI=1S/C16H11NS/c1-2-7-14-12(4-1)10-15(18-14)13-6-3-5-11-8-9-17-16(11)13/h1-10,17H. The number of H-pyrrole nitrogens is 1. The number of rotatable bonds is 1. The molecule has 1 nitrogen and oxygen atoms in total. The summed E-state index contributed by atoms with van der Waals surface area (Å²) >= 11 is 1.85. The second-order valence-electron chi connectivity index (χ2n) is 4.40. The van der Waals surface area contributed by atoms with Crippen molar-refractivity contribution in [1.82, 2.24) is 4.98 Å². The maximum Gasteiger partial charge on any atom is 0.0541 e.